The molecule has 1 aromatic heterocycles. The van der Waals surface area contributed by atoms with Crippen molar-refractivity contribution in [1.82, 2.24) is 25.1 Å². The summed E-state index contributed by atoms with van der Waals surface area (Å²) < 4.78 is 7.25. The van der Waals surface area contributed by atoms with Crippen LogP contribution >= 0.6 is 24.0 Å². The van der Waals surface area contributed by atoms with E-state index >= 15 is 0 Å². The standard InChI is InChI=1S/C21H34N6O.HI/c1-4-22-21(24-11-14-26(2)13-8-16-28-3)25-17-20-23-12-15-27(20)18-19-9-6-5-7-10-19;/h5-7,9-10,12,15H,4,8,11,13-14,16-18H2,1-3H3,(H2,22,24,25);1H. The molecule has 0 amide bonds. The largest absolute Gasteiger partial charge is 0.385 e. The molecular formula is C21H35IN6O. The highest BCUT2D eigenvalue weighted by Gasteiger charge is 2.05. The minimum Gasteiger partial charge on any atom is -0.385 e. The Morgan fingerprint density at radius 3 is 2.72 bits per heavy atom. The maximum Gasteiger partial charge on any atom is 0.191 e. The summed E-state index contributed by atoms with van der Waals surface area (Å²) in [5, 5.41) is 6.71. The second-order valence-corrected chi connectivity index (χ2v) is 6.73. The zero-order valence-electron chi connectivity index (χ0n) is 17.8. The zero-order valence-corrected chi connectivity index (χ0v) is 20.1. The molecule has 0 atom stereocenters. The summed E-state index contributed by atoms with van der Waals surface area (Å²) in [7, 11) is 3.87. The second kappa shape index (κ2) is 15.2. The van der Waals surface area contributed by atoms with Gasteiger partial charge in [-0.15, -0.1) is 24.0 Å². The summed E-state index contributed by atoms with van der Waals surface area (Å²) in [4.78, 5) is 11.5. The normalized spacial score (nSPS) is 11.4. The van der Waals surface area contributed by atoms with Gasteiger partial charge in [0.25, 0.3) is 0 Å². The van der Waals surface area contributed by atoms with Crippen LogP contribution in [0.25, 0.3) is 0 Å². The summed E-state index contributed by atoms with van der Waals surface area (Å²) in [6.45, 7) is 7.88. The molecule has 7 nitrogen and oxygen atoms in total. The molecule has 0 saturated heterocycles. The van der Waals surface area contributed by atoms with Crippen LogP contribution in [0.4, 0.5) is 0 Å². The van der Waals surface area contributed by atoms with Gasteiger partial charge in [0.05, 0.1) is 0 Å². The van der Waals surface area contributed by atoms with Gasteiger partial charge in [0.1, 0.15) is 12.4 Å². The number of aliphatic imine (C=N–C) groups is 1. The number of likely N-dealkylation sites (N-methyl/N-ethyl adjacent to an activating group) is 1. The number of aromatic nitrogens is 2. The number of rotatable bonds is 12. The number of nitrogens with one attached hydrogen (secondary N) is 2. The van der Waals surface area contributed by atoms with Gasteiger partial charge in [0, 0.05) is 58.8 Å². The Bertz CT molecular complexity index is 691. The molecule has 0 aliphatic rings. The highest BCUT2D eigenvalue weighted by molar-refractivity contribution is 14.0. The van der Waals surface area contributed by atoms with Gasteiger partial charge in [-0.2, -0.15) is 0 Å². The lowest BCUT2D eigenvalue weighted by Crippen LogP contribution is -2.41. The molecule has 0 unspecified atom stereocenters. The van der Waals surface area contributed by atoms with E-state index in [1.165, 1.54) is 5.56 Å². The molecule has 0 radical (unpaired) electrons. The van der Waals surface area contributed by atoms with Crippen LogP contribution in [0.1, 0.15) is 24.7 Å². The van der Waals surface area contributed by atoms with Gasteiger partial charge in [-0.05, 0) is 26.0 Å². The summed E-state index contributed by atoms with van der Waals surface area (Å²) in [5.41, 5.74) is 1.26. The summed E-state index contributed by atoms with van der Waals surface area (Å²) in [6.07, 6.45) is 4.89. The Hall–Kier alpha value is -1.65. The molecule has 0 fully saturated rings. The number of imidazole rings is 1. The fraction of sp³-hybridized carbons (Fsp3) is 0.524. The first-order valence-corrected chi connectivity index (χ1v) is 9.96. The smallest absolute Gasteiger partial charge is 0.191 e. The van der Waals surface area contributed by atoms with E-state index in [1.54, 1.807) is 7.11 Å². The molecule has 2 rings (SSSR count). The molecule has 8 heteroatoms. The summed E-state index contributed by atoms with van der Waals surface area (Å²) >= 11 is 0. The first-order valence-electron chi connectivity index (χ1n) is 9.96. The van der Waals surface area contributed by atoms with Crippen LogP contribution in [0.2, 0.25) is 0 Å². The minimum atomic E-state index is 0. The van der Waals surface area contributed by atoms with Crippen LogP contribution in [-0.4, -0.2) is 67.4 Å². The second-order valence-electron chi connectivity index (χ2n) is 6.73. The quantitative estimate of drug-likeness (QED) is 0.197. The van der Waals surface area contributed by atoms with Gasteiger partial charge < -0.3 is 24.8 Å². The number of hydrogen-bond acceptors (Lipinski definition) is 4. The topological polar surface area (TPSA) is 66.7 Å². The molecule has 0 aliphatic heterocycles. The molecule has 0 saturated carbocycles. The highest BCUT2D eigenvalue weighted by Crippen LogP contribution is 2.06. The van der Waals surface area contributed by atoms with Crippen LogP contribution < -0.4 is 10.6 Å². The van der Waals surface area contributed by atoms with Crippen LogP contribution in [0, 0.1) is 0 Å². The maximum absolute atomic E-state index is 5.10. The molecule has 0 spiro atoms. The Morgan fingerprint density at radius 2 is 2.00 bits per heavy atom. The van der Waals surface area contributed by atoms with Crippen LogP contribution in [0.5, 0.6) is 0 Å². The highest BCUT2D eigenvalue weighted by atomic mass is 127. The minimum absolute atomic E-state index is 0. The molecule has 0 bridgehead atoms. The number of benzene rings is 1. The SMILES string of the molecule is CCNC(=NCc1nccn1Cc1ccccc1)NCCN(C)CCCOC.I. The van der Waals surface area contributed by atoms with Crippen LogP contribution in [-0.2, 0) is 17.8 Å². The predicted molar refractivity (Wildman–Crippen MR) is 130 cm³/mol. The maximum atomic E-state index is 5.10. The number of guanidine groups is 1. The predicted octanol–water partition coefficient (Wildman–Crippen LogP) is 2.57. The van der Waals surface area contributed by atoms with Crippen LogP contribution in [0.3, 0.4) is 0 Å². The van der Waals surface area contributed by atoms with E-state index in [-0.39, 0.29) is 24.0 Å². The Morgan fingerprint density at radius 1 is 1.21 bits per heavy atom. The lowest BCUT2D eigenvalue weighted by Gasteiger charge is -2.18. The van der Waals surface area contributed by atoms with E-state index in [9.17, 15) is 0 Å². The molecule has 1 aromatic carbocycles. The molecule has 2 aromatic rings. The van der Waals surface area contributed by atoms with E-state index in [4.69, 9.17) is 9.73 Å². The first kappa shape index (κ1) is 25.4. The van der Waals surface area contributed by atoms with Gasteiger partial charge in [0.2, 0.25) is 0 Å². The van der Waals surface area contributed by atoms with E-state index in [0.717, 1.165) is 57.5 Å². The fourth-order valence-corrected chi connectivity index (χ4v) is 2.86. The first-order chi connectivity index (χ1) is 13.7. The number of hydrogen-bond donors (Lipinski definition) is 2. The van der Waals surface area contributed by atoms with Gasteiger partial charge >= 0.3 is 0 Å². The summed E-state index contributed by atoms with van der Waals surface area (Å²) in [5.74, 6) is 1.78. The van der Waals surface area contributed by atoms with Crippen molar-refractivity contribution in [2.45, 2.75) is 26.4 Å². The molecule has 162 valence electrons. The third-order valence-electron chi connectivity index (χ3n) is 4.39. The molecular weight excluding hydrogens is 479 g/mol. The molecule has 2 N–H and O–H groups in total. The van der Waals surface area contributed by atoms with Crippen molar-refractivity contribution >= 4 is 29.9 Å². The van der Waals surface area contributed by atoms with E-state index in [0.29, 0.717) is 6.54 Å². The lowest BCUT2D eigenvalue weighted by atomic mass is 10.2. The number of ether oxygens (including phenoxy) is 1. The van der Waals surface area contributed by atoms with Gasteiger partial charge in [0.15, 0.2) is 5.96 Å². The van der Waals surface area contributed by atoms with Gasteiger partial charge in [-0.25, -0.2) is 9.98 Å². The zero-order chi connectivity index (χ0) is 20.0. The monoisotopic (exact) mass is 514 g/mol. The van der Waals surface area contributed by atoms with E-state index in [1.807, 2.05) is 18.5 Å². The molecule has 0 aliphatic carbocycles. The molecule has 29 heavy (non-hydrogen) atoms. The van der Waals surface area contributed by atoms with Crippen molar-refractivity contribution in [3.63, 3.8) is 0 Å². The van der Waals surface area contributed by atoms with E-state index in [2.05, 4.69) is 63.3 Å². The van der Waals surface area contributed by atoms with Crippen molar-refractivity contribution in [3.8, 4) is 0 Å². The fourth-order valence-electron chi connectivity index (χ4n) is 2.86. The third kappa shape index (κ3) is 10.1. The Kier molecular flexibility index (Phi) is 13.3. The third-order valence-corrected chi connectivity index (χ3v) is 4.39. The Balaban J connectivity index is 0.00000420. The number of halogens is 1. The van der Waals surface area contributed by atoms with Gasteiger partial charge in [-0.3, -0.25) is 0 Å². The van der Waals surface area contributed by atoms with Crippen molar-refractivity contribution in [1.29, 1.82) is 0 Å². The number of nitrogens with zero attached hydrogens (tertiary/aromatic N) is 4. The van der Waals surface area contributed by atoms with Gasteiger partial charge in [-0.1, -0.05) is 30.3 Å². The van der Waals surface area contributed by atoms with E-state index < -0.39 is 0 Å². The number of methoxy groups -OCH3 is 1. The van der Waals surface area contributed by atoms with Crippen molar-refractivity contribution in [3.05, 3.63) is 54.1 Å². The lowest BCUT2D eigenvalue weighted by molar-refractivity contribution is 0.180. The summed E-state index contributed by atoms with van der Waals surface area (Å²) in [6, 6.07) is 10.4. The Labute approximate surface area is 192 Å². The van der Waals surface area contributed by atoms with Crippen molar-refractivity contribution in [2.75, 3.05) is 46.9 Å². The van der Waals surface area contributed by atoms with Crippen LogP contribution in [0.15, 0.2) is 47.7 Å². The van der Waals surface area contributed by atoms with Crippen molar-refractivity contribution < 1.29 is 4.74 Å². The average Bonchev–Trinajstić information content (AvgIpc) is 3.14. The molecule has 1 heterocycles. The average molecular weight is 514 g/mol. The van der Waals surface area contributed by atoms with Crippen molar-refractivity contribution in [2.24, 2.45) is 4.99 Å².